The zero-order valence-electron chi connectivity index (χ0n) is 6.89. The van der Waals surface area contributed by atoms with Crippen LogP contribution in [0.1, 0.15) is 24.0 Å². The Balaban J connectivity index is 3.08. The summed E-state index contributed by atoms with van der Waals surface area (Å²) < 4.78 is 1.30. The maximum Gasteiger partial charge on any atom is 0.0135 e. The van der Waals surface area contributed by atoms with E-state index in [1.54, 1.807) is 0 Å². The van der Waals surface area contributed by atoms with E-state index in [-0.39, 0.29) is 0 Å². The zero-order valence-corrected chi connectivity index (χ0v) is 9.05. The Bertz CT molecular complexity index is 231. The minimum absolute atomic E-state index is 0.392. The lowest BCUT2D eigenvalue weighted by molar-refractivity contribution is 0.959. The SMILES string of the molecule is [CH2]C(C)c1cc(C)cc(I)c1. The molecule has 1 heteroatoms. The summed E-state index contributed by atoms with van der Waals surface area (Å²) >= 11 is 2.34. The van der Waals surface area contributed by atoms with Gasteiger partial charge in [-0.3, -0.25) is 0 Å². The van der Waals surface area contributed by atoms with Crippen LogP contribution in [0.3, 0.4) is 0 Å². The van der Waals surface area contributed by atoms with Crippen molar-refractivity contribution in [3.05, 3.63) is 39.8 Å². The minimum Gasteiger partial charge on any atom is -0.0584 e. The van der Waals surface area contributed by atoms with Crippen LogP contribution in [-0.4, -0.2) is 0 Å². The van der Waals surface area contributed by atoms with Crippen LogP contribution in [0.25, 0.3) is 0 Å². The number of hydrogen-bond donors (Lipinski definition) is 0. The maximum atomic E-state index is 3.99. The van der Waals surface area contributed by atoms with Crippen LogP contribution in [0, 0.1) is 17.4 Å². The Morgan fingerprint density at radius 2 is 2.00 bits per heavy atom. The van der Waals surface area contributed by atoms with Gasteiger partial charge in [0.2, 0.25) is 0 Å². The van der Waals surface area contributed by atoms with E-state index in [9.17, 15) is 0 Å². The minimum atomic E-state index is 0.392. The molecule has 1 aromatic carbocycles. The third kappa shape index (κ3) is 2.47. The van der Waals surface area contributed by atoms with Crippen molar-refractivity contribution in [2.75, 3.05) is 0 Å². The molecule has 0 spiro atoms. The van der Waals surface area contributed by atoms with E-state index >= 15 is 0 Å². The van der Waals surface area contributed by atoms with Gasteiger partial charge in [-0.1, -0.05) is 13.0 Å². The lowest BCUT2D eigenvalue weighted by Crippen LogP contribution is -1.89. The van der Waals surface area contributed by atoms with Crippen molar-refractivity contribution in [1.29, 1.82) is 0 Å². The highest BCUT2D eigenvalue weighted by Crippen LogP contribution is 2.18. The number of rotatable bonds is 1. The van der Waals surface area contributed by atoms with Gasteiger partial charge in [0.05, 0.1) is 0 Å². The molecule has 0 fully saturated rings. The number of halogens is 1. The van der Waals surface area contributed by atoms with Crippen LogP contribution in [0.4, 0.5) is 0 Å². The largest absolute Gasteiger partial charge is 0.0584 e. The smallest absolute Gasteiger partial charge is 0.0135 e. The number of aryl methyl sites for hydroxylation is 1. The number of hydrogen-bond acceptors (Lipinski definition) is 0. The van der Waals surface area contributed by atoms with Crippen LogP contribution in [0.15, 0.2) is 18.2 Å². The molecule has 11 heavy (non-hydrogen) atoms. The summed E-state index contributed by atoms with van der Waals surface area (Å²) in [7, 11) is 0. The molecule has 0 heterocycles. The molecule has 0 saturated heterocycles. The highest BCUT2D eigenvalue weighted by Gasteiger charge is 1.99. The Kier molecular flexibility index (Phi) is 2.93. The second-order valence-corrected chi connectivity index (χ2v) is 4.21. The average molecular weight is 259 g/mol. The summed E-state index contributed by atoms with van der Waals surface area (Å²) in [6.45, 7) is 8.22. The maximum absolute atomic E-state index is 3.99. The van der Waals surface area contributed by atoms with Crippen molar-refractivity contribution in [3.8, 4) is 0 Å². The van der Waals surface area contributed by atoms with Crippen molar-refractivity contribution >= 4 is 22.6 Å². The lowest BCUT2D eigenvalue weighted by atomic mass is 10.0. The van der Waals surface area contributed by atoms with E-state index in [2.05, 4.69) is 61.6 Å². The van der Waals surface area contributed by atoms with E-state index in [0.29, 0.717) is 5.92 Å². The zero-order chi connectivity index (χ0) is 8.43. The normalized spacial score (nSPS) is 10.6. The molecule has 0 amide bonds. The van der Waals surface area contributed by atoms with Crippen LogP contribution >= 0.6 is 22.6 Å². The Morgan fingerprint density at radius 3 is 2.45 bits per heavy atom. The van der Waals surface area contributed by atoms with Crippen LogP contribution in [-0.2, 0) is 0 Å². The molecule has 0 bridgehead atoms. The Labute approximate surface area is 82.2 Å². The van der Waals surface area contributed by atoms with Crippen molar-refractivity contribution < 1.29 is 0 Å². The molecule has 1 atom stereocenters. The molecule has 0 aliphatic heterocycles. The molecule has 1 unspecified atom stereocenters. The summed E-state index contributed by atoms with van der Waals surface area (Å²) in [4.78, 5) is 0. The molecule has 1 rings (SSSR count). The highest BCUT2D eigenvalue weighted by molar-refractivity contribution is 14.1. The number of benzene rings is 1. The van der Waals surface area contributed by atoms with Gasteiger partial charge in [0.15, 0.2) is 0 Å². The fraction of sp³-hybridized carbons (Fsp3) is 0.300. The predicted molar refractivity (Wildman–Crippen MR) is 57.7 cm³/mol. The molecule has 1 aromatic rings. The standard InChI is InChI=1S/C10H12I/c1-7(2)9-4-8(3)5-10(11)6-9/h4-7H,1H2,2-3H3. The van der Waals surface area contributed by atoms with Gasteiger partial charge in [0, 0.05) is 3.57 Å². The van der Waals surface area contributed by atoms with Crippen LogP contribution in [0.5, 0.6) is 0 Å². The van der Waals surface area contributed by atoms with Gasteiger partial charge < -0.3 is 0 Å². The Morgan fingerprint density at radius 1 is 1.36 bits per heavy atom. The summed E-state index contributed by atoms with van der Waals surface area (Å²) in [5, 5.41) is 0. The van der Waals surface area contributed by atoms with Gasteiger partial charge in [0.1, 0.15) is 0 Å². The molecule has 0 saturated carbocycles. The third-order valence-corrected chi connectivity index (χ3v) is 2.26. The monoisotopic (exact) mass is 259 g/mol. The first kappa shape index (κ1) is 9.04. The molecule has 0 nitrogen and oxygen atoms in total. The predicted octanol–water partition coefficient (Wildman–Crippen LogP) is 3.54. The molecule has 1 radical (unpaired) electrons. The van der Waals surface area contributed by atoms with E-state index in [1.807, 2.05) is 0 Å². The first-order valence-electron chi connectivity index (χ1n) is 3.70. The van der Waals surface area contributed by atoms with Gasteiger partial charge in [-0.25, -0.2) is 0 Å². The van der Waals surface area contributed by atoms with Crippen molar-refractivity contribution in [1.82, 2.24) is 0 Å². The van der Waals surface area contributed by atoms with E-state index < -0.39 is 0 Å². The molecular formula is C10H12I. The van der Waals surface area contributed by atoms with Gasteiger partial charge >= 0.3 is 0 Å². The molecular weight excluding hydrogens is 247 g/mol. The summed E-state index contributed by atoms with van der Waals surface area (Å²) in [6.07, 6.45) is 0. The van der Waals surface area contributed by atoms with Crippen LogP contribution in [0.2, 0.25) is 0 Å². The molecule has 0 aliphatic rings. The second-order valence-electron chi connectivity index (χ2n) is 2.96. The average Bonchev–Trinajstić information content (AvgIpc) is 1.85. The van der Waals surface area contributed by atoms with Crippen molar-refractivity contribution in [2.45, 2.75) is 19.8 Å². The summed E-state index contributed by atoms with van der Waals surface area (Å²) in [5.74, 6) is 0.392. The van der Waals surface area contributed by atoms with Gasteiger partial charge in [-0.2, -0.15) is 0 Å². The fourth-order valence-corrected chi connectivity index (χ4v) is 1.90. The fourth-order valence-electron chi connectivity index (χ4n) is 1.05. The van der Waals surface area contributed by atoms with E-state index in [0.717, 1.165) is 0 Å². The Hall–Kier alpha value is -0.0500. The van der Waals surface area contributed by atoms with Crippen molar-refractivity contribution in [2.24, 2.45) is 0 Å². The quantitative estimate of drug-likeness (QED) is 0.677. The van der Waals surface area contributed by atoms with Gasteiger partial charge in [-0.05, 0) is 65.6 Å². The first-order chi connectivity index (χ1) is 5.09. The summed E-state index contributed by atoms with van der Waals surface area (Å²) in [6, 6.07) is 6.55. The lowest BCUT2D eigenvalue weighted by Gasteiger charge is -2.06. The third-order valence-electron chi connectivity index (χ3n) is 1.63. The van der Waals surface area contributed by atoms with Crippen LogP contribution < -0.4 is 0 Å². The molecule has 0 N–H and O–H groups in total. The molecule has 0 aliphatic carbocycles. The van der Waals surface area contributed by atoms with Gasteiger partial charge in [-0.15, -0.1) is 0 Å². The molecule has 0 aromatic heterocycles. The van der Waals surface area contributed by atoms with E-state index in [4.69, 9.17) is 0 Å². The first-order valence-corrected chi connectivity index (χ1v) is 4.77. The van der Waals surface area contributed by atoms with E-state index in [1.165, 1.54) is 14.7 Å². The summed E-state index contributed by atoms with van der Waals surface area (Å²) in [5.41, 5.74) is 2.65. The highest BCUT2D eigenvalue weighted by atomic mass is 127. The molecule has 59 valence electrons. The van der Waals surface area contributed by atoms with Gasteiger partial charge in [0.25, 0.3) is 0 Å². The topological polar surface area (TPSA) is 0 Å². The van der Waals surface area contributed by atoms with Crippen molar-refractivity contribution in [3.63, 3.8) is 0 Å². The second kappa shape index (κ2) is 3.57.